The van der Waals surface area contributed by atoms with E-state index in [2.05, 4.69) is 10.6 Å². The number of methoxy groups -OCH3 is 2. The van der Waals surface area contributed by atoms with Crippen molar-refractivity contribution in [1.29, 1.82) is 0 Å². The van der Waals surface area contributed by atoms with E-state index >= 15 is 0 Å². The first-order chi connectivity index (χ1) is 13.3. The third kappa shape index (κ3) is 5.47. The summed E-state index contributed by atoms with van der Waals surface area (Å²) in [6.45, 7) is 1.39. The van der Waals surface area contributed by atoms with Crippen LogP contribution >= 0.6 is 0 Å². The first-order valence-electron chi connectivity index (χ1n) is 8.46. The smallest absolute Gasteiger partial charge is 0.305 e. The highest BCUT2D eigenvalue weighted by Gasteiger charge is 2.22. The fourth-order valence-electron chi connectivity index (χ4n) is 2.67. The van der Waals surface area contributed by atoms with E-state index in [9.17, 15) is 19.5 Å². The maximum Gasteiger partial charge on any atom is 0.305 e. The molecule has 8 nitrogen and oxygen atoms in total. The summed E-state index contributed by atoms with van der Waals surface area (Å²) in [4.78, 5) is 35.0. The SMILES string of the molecule is COc1ccc(C(CC(=O)O)NC(=O)c2ccc(NC(C)=O)cc2)c(OC)c1. The zero-order valence-corrected chi connectivity index (χ0v) is 15.8. The molecular weight excluding hydrogens is 364 g/mol. The Labute approximate surface area is 162 Å². The summed E-state index contributed by atoms with van der Waals surface area (Å²) in [5.41, 5.74) is 1.41. The van der Waals surface area contributed by atoms with E-state index in [1.165, 1.54) is 21.1 Å². The summed E-state index contributed by atoms with van der Waals surface area (Å²) < 4.78 is 10.5. The Balaban J connectivity index is 2.25. The van der Waals surface area contributed by atoms with Gasteiger partial charge in [-0.15, -0.1) is 0 Å². The maximum atomic E-state index is 12.6. The molecular formula is C20H22N2O6. The quantitative estimate of drug-likeness (QED) is 0.643. The normalized spacial score (nSPS) is 11.2. The molecule has 0 spiro atoms. The fourth-order valence-corrected chi connectivity index (χ4v) is 2.67. The molecule has 2 aromatic rings. The van der Waals surface area contributed by atoms with Crippen LogP contribution in [0.5, 0.6) is 11.5 Å². The number of anilines is 1. The fraction of sp³-hybridized carbons (Fsp3) is 0.250. The standard InChI is InChI=1S/C20H22N2O6/c1-12(23)21-14-6-4-13(5-7-14)20(26)22-17(11-19(24)25)16-9-8-15(27-2)10-18(16)28-3/h4-10,17H,11H2,1-3H3,(H,21,23)(H,22,26)(H,24,25). The number of benzene rings is 2. The molecule has 0 aliphatic heterocycles. The number of carboxylic acid groups (broad SMARTS) is 1. The van der Waals surface area contributed by atoms with Crippen LogP contribution in [0.25, 0.3) is 0 Å². The summed E-state index contributed by atoms with van der Waals surface area (Å²) in [6.07, 6.45) is -0.321. The van der Waals surface area contributed by atoms with Gasteiger partial charge in [0.1, 0.15) is 11.5 Å². The van der Waals surface area contributed by atoms with Gasteiger partial charge in [0.05, 0.1) is 26.7 Å². The number of hydrogen-bond donors (Lipinski definition) is 3. The molecule has 0 aliphatic carbocycles. The van der Waals surface area contributed by atoms with Gasteiger partial charge >= 0.3 is 5.97 Å². The summed E-state index contributed by atoms with van der Waals surface area (Å²) in [6, 6.07) is 10.4. The molecule has 2 aromatic carbocycles. The van der Waals surface area contributed by atoms with Crippen molar-refractivity contribution in [2.45, 2.75) is 19.4 Å². The van der Waals surface area contributed by atoms with Gasteiger partial charge in [-0.25, -0.2) is 0 Å². The Kier molecular flexibility index (Phi) is 6.97. The molecule has 0 radical (unpaired) electrons. The van der Waals surface area contributed by atoms with Crippen molar-refractivity contribution in [2.75, 3.05) is 19.5 Å². The van der Waals surface area contributed by atoms with Gasteiger partial charge in [0.15, 0.2) is 0 Å². The Morgan fingerprint density at radius 3 is 2.25 bits per heavy atom. The van der Waals surface area contributed by atoms with Crippen molar-refractivity contribution in [3.63, 3.8) is 0 Å². The third-order valence-electron chi connectivity index (χ3n) is 3.97. The lowest BCUT2D eigenvalue weighted by Gasteiger charge is -2.20. The molecule has 8 heteroatoms. The molecule has 0 fully saturated rings. The van der Waals surface area contributed by atoms with Crippen LogP contribution < -0.4 is 20.1 Å². The Morgan fingerprint density at radius 1 is 1.04 bits per heavy atom. The minimum absolute atomic E-state index is 0.217. The van der Waals surface area contributed by atoms with Gasteiger partial charge < -0.3 is 25.2 Å². The lowest BCUT2D eigenvalue weighted by atomic mass is 10.0. The van der Waals surface area contributed by atoms with E-state index in [1.807, 2.05) is 0 Å². The minimum Gasteiger partial charge on any atom is -0.497 e. The zero-order valence-electron chi connectivity index (χ0n) is 15.8. The Hall–Kier alpha value is -3.55. The molecule has 0 aliphatic rings. The van der Waals surface area contributed by atoms with Gasteiger partial charge in [0, 0.05) is 29.8 Å². The van der Waals surface area contributed by atoms with Crippen molar-refractivity contribution < 1.29 is 29.0 Å². The number of aliphatic carboxylic acids is 1. The number of nitrogens with one attached hydrogen (secondary N) is 2. The topological polar surface area (TPSA) is 114 Å². The molecule has 1 atom stereocenters. The largest absolute Gasteiger partial charge is 0.497 e. The average molecular weight is 386 g/mol. The molecule has 2 rings (SSSR count). The Morgan fingerprint density at radius 2 is 1.71 bits per heavy atom. The highest BCUT2D eigenvalue weighted by atomic mass is 16.5. The summed E-state index contributed by atoms with van der Waals surface area (Å²) >= 11 is 0. The van der Waals surface area contributed by atoms with E-state index < -0.39 is 17.9 Å². The molecule has 1 unspecified atom stereocenters. The summed E-state index contributed by atoms with van der Waals surface area (Å²) in [5.74, 6) is -0.769. The van der Waals surface area contributed by atoms with E-state index in [4.69, 9.17) is 9.47 Å². The summed E-state index contributed by atoms with van der Waals surface area (Å²) in [7, 11) is 2.97. The molecule has 148 valence electrons. The third-order valence-corrected chi connectivity index (χ3v) is 3.97. The number of carbonyl (C=O) groups excluding carboxylic acids is 2. The van der Waals surface area contributed by atoms with Crippen LogP contribution in [0.1, 0.15) is 35.3 Å². The second-order valence-corrected chi connectivity index (χ2v) is 5.99. The van der Waals surface area contributed by atoms with Crippen molar-refractivity contribution in [3.05, 3.63) is 53.6 Å². The van der Waals surface area contributed by atoms with Crippen LogP contribution in [0.3, 0.4) is 0 Å². The number of rotatable bonds is 8. The Bertz CT molecular complexity index is 863. The van der Waals surface area contributed by atoms with Gasteiger partial charge in [-0.2, -0.15) is 0 Å². The van der Waals surface area contributed by atoms with E-state index in [1.54, 1.807) is 42.5 Å². The number of ether oxygens (including phenoxy) is 2. The van der Waals surface area contributed by atoms with Gasteiger partial charge in [-0.3, -0.25) is 14.4 Å². The van der Waals surface area contributed by atoms with E-state index in [0.29, 0.717) is 28.3 Å². The minimum atomic E-state index is -1.07. The van der Waals surface area contributed by atoms with Crippen LogP contribution in [0.15, 0.2) is 42.5 Å². The molecule has 3 N–H and O–H groups in total. The molecule has 28 heavy (non-hydrogen) atoms. The van der Waals surface area contributed by atoms with Crippen molar-refractivity contribution in [1.82, 2.24) is 5.32 Å². The van der Waals surface area contributed by atoms with Crippen LogP contribution in [-0.4, -0.2) is 37.1 Å². The van der Waals surface area contributed by atoms with Crippen molar-refractivity contribution in [3.8, 4) is 11.5 Å². The zero-order chi connectivity index (χ0) is 20.7. The van der Waals surface area contributed by atoms with Crippen molar-refractivity contribution in [2.24, 2.45) is 0 Å². The predicted octanol–water partition coefficient (Wildman–Crippen LogP) is 2.61. The number of carbonyl (C=O) groups is 3. The van der Waals surface area contributed by atoms with Gasteiger partial charge in [-0.05, 0) is 36.4 Å². The molecule has 0 bridgehead atoms. The molecule has 2 amide bonds. The lowest BCUT2D eigenvalue weighted by molar-refractivity contribution is -0.137. The monoisotopic (exact) mass is 386 g/mol. The van der Waals surface area contributed by atoms with Crippen LogP contribution in [0.4, 0.5) is 5.69 Å². The highest BCUT2D eigenvalue weighted by molar-refractivity contribution is 5.96. The number of amides is 2. The molecule has 0 aromatic heterocycles. The van der Waals surface area contributed by atoms with E-state index in [-0.39, 0.29) is 12.3 Å². The summed E-state index contributed by atoms with van der Waals surface area (Å²) in [5, 5.41) is 14.6. The second kappa shape index (κ2) is 9.40. The van der Waals surface area contributed by atoms with Crippen LogP contribution in [0.2, 0.25) is 0 Å². The number of carboxylic acids is 1. The average Bonchev–Trinajstić information content (AvgIpc) is 2.66. The lowest BCUT2D eigenvalue weighted by Crippen LogP contribution is -2.30. The van der Waals surface area contributed by atoms with Gasteiger partial charge in [-0.1, -0.05) is 0 Å². The first-order valence-corrected chi connectivity index (χ1v) is 8.46. The van der Waals surface area contributed by atoms with E-state index in [0.717, 1.165) is 0 Å². The van der Waals surface area contributed by atoms with Crippen molar-refractivity contribution >= 4 is 23.5 Å². The molecule has 0 saturated heterocycles. The molecule has 0 saturated carbocycles. The van der Waals surface area contributed by atoms with Gasteiger partial charge in [0.2, 0.25) is 5.91 Å². The highest BCUT2D eigenvalue weighted by Crippen LogP contribution is 2.31. The van der Waals surface area contributed by atoms with Crippen LogP contribution in [-0.2, 0) is 9.59 Å². The van der Waals surface area contributed by atoms with Crippen LogP contribution in [0, 0.1) is 0 Å². The second-order valence-electron chi connectivity index (χ2n) is 5.99. The maximum absolute atomic E-state index is 12.6. The molecule has 0 heterocycles. The van der Waals surface area contributed by atoms with Gasteiger partial charge in [0.25, 0.3) is 5.91 Å². The first kappa shape index (κ1) is 20.8. The predicted molar refractivity (Wildman–Crippen MR) is 103 cm³/mol. The number of hydrogen-bond acceptors (Lipinski definition) is 5.